The van der Waals surface area contributed by atoms with Crippen molar-refractivity contribution >= 4 is 15.8 Å². The van der Waals surface area contributed by atoms with Gasteiger partial charge in [0.1, 0.15) is 17.4 Å². The number of methoxy groups -OCH3 is 1. The van der Waals surface area contributed by atoms with Crippen molar-refractivity contribution in [2.75, 3.05) is 37.9 Å². The maximum atomic E-state index is 12.0. The van der Waals surface area contributed by atoms with E-state index in [1.54, 1.807) is 11.4 Å². The molecule has 0 radical (unpaired) electrons. The number of hydrogen-bond acceptors (Lipinski definition) is 6. The van der Waals surface area contributed by atoms with Crippen LogP contribution < -0.4 is 9.64 Å². The topological polar surface area (TPSA) is 75.6 Å². The molecule has 1 aromatic carbocycles. The Bertz CT molecular complexity index is 1030. The van der Waals surface area contributed by atoms with E-state index in [0.29, 0.717) is 13.1 Å². The lowest BCUT2D eigenvalue weighted by molar-refractivity contribution is 0.310. The smallest absolute Gasteiger partial charge is 0.211 e. The largest absolute Gasteiger partial charge is 0.497 e. The van der Waals surface area contributed by atoms with Crippen LogP contribution in [0, 0.1) is 6.92 Å². The third-order valence-electron chi connectivity index (χ3n) is 6.09. The number of ether oxygens (including phenoxy) is 1. The van der Waals surface area contributed by atoms with Crippen molar-refractivity contribution in [3.63, 3.8) is 0 Å². The van der Waals surface area contributed by atoms with E-state index in [-0.39, 0.29) is 5.92 Å². The van der Waals surface area contributed by atoms with E-state index >= 15 is 0 Å². The fourth-order valence-electron chi connectivity index (χ4n) is 4.49. The number of aryl methyl sites for hydroxylation is 1. The molecular weight excluding hydrogens is 400 g/mol. The number of fused-ring (bicyclic) bond motifs is 1. The molecule has 1 fully saturated rings. The van der Waals surface area contributed by atoms with Crippen LogP contribution in [-0.4, -0.2) is 55.7 Å². The lowest BCUT2D eigenvalue weighted by Crippen LogP contribution is -2.39. The van der Waals surface area contributed by atoms with Crippen molar-refractivity contribution in [3.05, 3.63) is 46.9 Å². The summed E-state index contributed by atoms with van der Waals surface area (Å²) in [5.74, 6) is 2.67. The Morgan fingerprint density at radius 3 is 2.80 bits per heavy atom. The van der Waals surface area contributed by atoms with Crippen LogP contribution in [0.15, 0.2) is 24.3 Å². The second kappa shape index (κ2) is 8.51. The van der Waals surface area contributed by atoms with Crippen molar-refractivity contribution in [3.8, 4) is 5.75 Å². The zero-order chi connectivity index (χ0) is 21.3. The summed E-state index contributed by atoms with van der Waals surface area (Å²) in [7, 11) is -1.51. The monoisotopic (exact) mass is 430 g/mol. The highest BCUT2D eigenvalue weighted by Crippen LogP contribution is 2.33. The number of hydrogen-bond donors (Lipinski definition) is 0. The first kappa shape index (κ1) is 21.1. The predicted molar refractivity (Wildman–Crippen MR) is 118 cm³/mol. The molecule has 1 aromatic heterocycles. The fourth-order valence-corrected chi connectivity index (χ4v) is 5.40. The van der Waals surface area contributed by atoms with Crippen LogP contribution in [0.5, 0.6) is 5.75 Å². The number of piperidine rings is 1. The molecule has 2 aliphatic heterocycles. The molecule has 1 atom stereocenters. The van der Waals surface area contributed by atoms with Crippen molar-refractivity contribution < 1.29 is 13.2 Å². The van der Waals surface area contributed by atoms with Crippen LogP contribution in [0.2, 0.25) is 0 Å². The molecule has 0 unspecified atom stereocenters. The minimum atomic E-state index is -3.20. The molecule has 0 bridgehead atoms. The van der Waals surface area contributed by atoms with Crippen LogP contribution >= 0.6 is 0 Å². The zero-order valence-corrected chi connectivity index (χ0v) is 18.8. The summed E-state index contributed by atoms with van der Waals surface area (Å²) in [4.78, 5) is 12.1. The van der Waals surface area contributed by atoms with Crippen molar-refractivity contribution in [2.24, 2.45) is 0 Å². The predicted octanol–water partition coefficient (Wildman–Crippen LogP) is 2.89. The molecule has 2 aromatic rings. The number of aromatic nitrogens is 2. The highest BCUT2D eigenvalue weighted by atomic mass is 32.2. The molecule has 3 heterocycles. The van der Waals surface area contributed by atoms with Gasteiger partial charge >= 0.3 is 0 Å². The van der Waals surface area contributed by atoms with Gasteiger partial charge in [0.25, 0.3) is 0 Å². The number of rotatable bonds is 5. The third kappa shape index (κ3) is 4.44. The Morgan fingerprint density at radius 2 is 2.03 bits per heavy atom. The highest BCUT2D eigenvalue weighted by Gasteiger charge is 2.30. The van der Waals surface area contributed by atoms with E-state index in [9.17, 15) is 8.42 Å². The first-order valence-corrected chi connectivity index (χ1v) is 12.4. The maximum absolute atomic E-state index is 12.0. The maximum Gasteiger partial charge on any atom is 0.211 e. The average molecular weight is 431 g/mol. The minimum Gasteiger partial charge on any atom is -0.497 e. The summed E-state index contributed by atoms with van der Waals surface area (Å²) >= 11 is 0. The van der Waals surface area contributed by atoms with Gasteiger partial charge in [0.2, 0.25) is 10.0 Å². The molecule has 0 N–H and O–H groups in total. The summed E-state index contributed by atoms with van der Waals surface area (Å²) < 4.78 is 31.0. The van der Waals surface area contributed by atoms with Gasteiger partial charge in [-0.25, -0.2) is 22.7 Å². The normalized spacial score (nSPS) is 20.1. The molecule has 162 valence electrons. The van der Waals surface area contributed by atoms with E-state index in [0.717, 1.165) is 61.9 Å². The van der Waals surface area contributed by atoms with Gasteiger partial charge in [-0.05, 0) is 50.3 Å². The summed E-state index contributed by atoms with van der Waals surface area (Å²) in [6.07, 6.45) is 5.09. The molecule has 8 heteroatoms. The number of anilines is 1. The molecule has 30 heavy (non-hydrogen) atoms. The molecule has 1 saturated heterocycles. The third-order valence-corrected chi connectivity index (χ3v) is 7.36. The molecule has 2 aliphatic rings. The lowest BCUT2D eigenvalue weighted by Gasteiger charge is -2.34. The SMILES string of the molecule is COc1cccc(CN2CCCc3c(C)nc([C@@H]4CCCN(S(C)(=O)=O)C4)nc32)c1. The van der Waals surface area contributed by atoms with E-state index in [1.807, 2.05) is 12.1 Å². The molecule has 0 aliphatic carbocycles. The molecule has 0 amide bonds. The van der Waals surface area contributed by atoms with Crippen LogP contribution in [0.1, 0.15) is 47.8 Å². The zero-order valence-electron chi connectivity index (χ0n) is 18.0. The van der Waals surface area contributed by atoms with E-state index in [1.165, 1.54) is 17.4 Å². The van der Waals surface area contributed by atoms with Crippen molar-refractivity contribution in [1.82, 2.24) is 14.3 Å². The summed E-state index contributed by atoms with van der Waals surface area (Å²) in [6, 6.07) is 8.14. The summed E-state index contributed by atoms with van der Waals surface area (Å²) in [5, 5.41) is 0. The first-order chi connectivity index (χ1) is 14.3. The van der Waals surface area contributed by atoms with Gasteiger partial charge in [-0.2, -0.15) is 0 Å². The molecule has 4 rings (SSSR count). The Morgan fingerprint density at radius 1 is 1.20 bits per heavy atom. The van der Waals surface area contributed by atoms with Gasteiger partial charge in [-0.3, -0.25) is 0 Å². The Labute approximate surface area is 179 Å². The van der Waals surface area contributed by atoms with Gasteiger partial charge in [0, 0.05) is 43.4 Å². The average Bonchev–Trinajstić information content (AvgIpc) is 2.74. The van der Waals surface area contributed by atoms with Crippen molar-refractivity contribution in [2.45, 2.75) is 45.1 Å². The van der Waals surface area contributed by atoms with Crippen LogP contribution in [0.25, 0.3) is 0 Å². The Hall–Kier alpha value is -2.19. The minimum absolute atomic E-state index is 0.0399. The fraction of sp³-hybridized carbons (Fsp3) is 0.545. The van der Waals surface area contributed by atoms with Gasteiger partial charge in [-0.15, -0.1) is 0 Å². The van der Waals surface area contributed by atoms with Gasteiger partial charge in [-0.1, -0.05) is 12.1 Å². The van der Waals surface area contributed by atoms with Gasteiger partial charge in [0.15, 0.2) is 0 Å². The number of sulfonamides is 1. The summed E-state index contributed by atoms with van der Waals surface area (Å²) in [5.41, 5.74) is 3.41. The van der Waals surface area contributed by atoms with Crippen molar-refractivity contribution in [1.29, 1.82) is 0 Å². The van der Waals surface area contributed by atoms with Crippen LogP contribution in [0.3, 0.4) is 0 Å². The van der Waals surface area contributed by atoms with Crippen LogP contribution in [-0.2, 0) is 23.0 Å². The Balaban J connectivity index is 1.63. The summed E-state index contributed by atoms with van der Waals surface area (Å²) in [6.45, 7) is 4.81. The number of nitrogens with zero attached hydrogens (tertiary/aromatic N) is 4. The van der Waals surface area contributed by atoms with Crippen LogP contribution in [0.4, 0.5) is 5.82 Å². The van der Waals surface area contributed by atoms with E-state index in [2.05, 4.69) is 24.0 Å². The molecule has 0 spiro atoms. The lowest BCUT2D eigenvalue weighted by atomic mass is 9.97. The molecule has 7 nitrogen and oxygen atoms in total. The second-order valence-corrected chi connectivity index (χ2v) is 10.3. The second-order valence-electron chi connectivity index (χ2n) is 8.31. The van der Waals surface area contributed by atoms with E-state index < -0.39 is 10.0 Å². The Kier molecular flexibility index (Phi) is 5.97. The quantitative estimate of drug-likeness (QED) is 0.726. The van der Waals surface area contributed by atoms with E-state index in [4.69, 9.17) is 14.7 Å². The number of benzene rings is 1. The van der Waals surface area contributed by atoms with Gasteiger partial charge in [0.05, 0.1) is 13.4 Å². The molecule has 0 saturated carbocycles. The highest BCUT2D eigenvalue weighted by molar-refractivity contribution is 7.88. The standard InChI is InChI=1S/C22H30N4O3S/c1-16-20-10-6-11-25(14-17-7-4-9-19(13-17)29-2)22(20)24-21(23-16)18-8-5-12-26(15-18)30(3,27)28/h4,7,9,13,18H,5-6,8,10-12,14-15H2,1-3H3/t18-/m1/s1. The molecular formula is C22H30N4O3S. The van der Waals surface area contributed by atoms with Gasteiger partial charge < -0.3 is 9.64 Å². The first-order valence-electron chi connectivity index (χ1n) is 10.6.